The van der Waals surface area contributed by atoms with Crippen molar-refractivity contribution in [2.75, 3.05) is 18.0 Å². The fourth-order valence-electron chi connectivity index (χ4n) is 2.16. The van der Waals surface area contributed by atoms with Gasteiger partial charge in [0.1, 0.15) is 0 Å². The summed E-state index contributed by atoms with van der Waals surface area (Å²) in [4.78, 5) is 18.8. The van der Waals surface area contributed by atoms with Crippen LogP contribution in [0.2, 0.25) is 0 Å². The third-order valence-corrected chi connectivity index (χ3v) is 4.44. The molecule has 94 valence electrons. The summed E-state index contributed by atoms with van der Waals surface area (Å²) in [6.45, 7) is 8.62. The first kappa shape index (κ1) is 12.6. The summed E-state index contributed by atoms with van der Waals surface area (Å²) in [6.07, 6.45) is 3.41. The molecule has 2 heterocycles. The number of anilines is 1. The molecule has 0 spiro atoms. The third-order valence-electron chi connectivity index (χ3n) is 3.38. The molecule has 1 fully saturated rings. The fraction of sp³-hybridized carbons (Fsp3) is 0.692. The van der Waals surface area contributed by atoms with E-state index < -0.39 is 0 Å². The molecule has 1 aliphatic rings. The van der Waals surface area contributed by atoms with Crippen molar-refractivity contribution in [1.29, 1.82) is 0 Å². The summed E-state index contributed by atoms with van der Waals surface area (Å²) in [7, 11) is 0. The molecule has 0 aliphatic carbocycles. The summed E-state index contributed by atoms with van der Waals surface area (Å²) >= 11 is 1.54. The van der Waals surface area contributed by atoms with Crippen LogP contribution in [0.4, 0.5) is 5.13 Å². The molecule has 1 aromatic heterocycles. The molecular weight excluding hydrogens is 232 g/mol. The Balaban J connectivity index is 2.18. The molecule has 0 unspecified atom stereocenters. The molecule has 0 atom stereocenters. The van der Waals surface area contributed by atoms with Gasteiger partial charge in [0.05, 0.1) is 10.6 Å². The lowest BCUT2D eigenvalue weighted by atomic mass is 10.00. The molecule has 0 N–H and O–H groups in total. The smallest absolute Gasteiger partial charge is 0.186 e. The Morgan fingerprint density at radius 3 is 2.53 bits per heavy atom. The Morgan fingerprint density at radius 1 is 1.41 bits per heavy atom. The van der Waals surface area contributed by atoms with Crippen LogP contribution in [0.5, 0.6) is 0 Å². The van der Waals surface area contributed by atoms with Crippen molar-refractivity contribution in [3.8, 4) is 0 Å². The lowest BCUT2D eigenvalue weighted by Gasteiger charge is -2.29. The van der Waals surface area contributed by atoms with Gasteiger partial charge in [-0.05, 0) is 24.7 Å². The molecule has 0 amide bonds. The van der Waals surface area contributed by atoms with Gasteiger partial charge in [-0.1, -0.05) is 32.1 Å². The van der Waals surface area contributed by atoms with Crippen LogP contribution in [0.15, 0.2) is 0 Å². The summed E-state index contributed by atoms with van der Waals surface area (Å²) in [6, 6.07) is 0. The number of hydrogen-bond donors (Lipinski definition) is 0. The highest BCUT2D eigenvalue weighted by Crippen LogP contribution is 2.31. The number of nitrogens with zero attached hydrogens (tertiary/aromatic N) is 2. The number of thiazole rings is 1. The van der Waals surface area contributed by atoms with E-state index in [2.05, 4.69) is 30.7 Å². The van der Waals surface area contributed by atoms with Crippen LogP contribution in [-0.4, -0.2) is 24.4 Å². The minimum Gasteiger partial charge on any atom is -0.348 e. The first-order valence-corrected chi connectivity index (χ1v) is 7.14. The largest absolute Gasteiger partial charge is 0.348 e. The third kappa shape index (κ3) is 2.68. The first-order valence-electron chi connectivity index (χ1n) is 6.32. The van der Waals surface area contributed by atoms with E-state index >= 15 is 0 Å². The highest BCUT2D eigenvalue weighted by Gasteiger charge is 2.21. The second-order valence-electron chi connectivity index (χ2n) is 5.19. The summed E-state index contributed by atoms with van der Waals surface area (Å²) in [5.41, 5.74) is 0.957. The number of aldehydes is 1. The normalized spacial score (nSPS) is 17.8. The van der Waals surface area contributed by atoms with Gasteiger partial charge in [0, 0.05) is 13.1 Å². The van der Waals surface area contributed by atoms with Crippen molar-refractivity contribution < 1.29 is 4.79 Å². The molecule has 0 aromatic carbocycles. The number of carbonyl (C=O) groups excluding carboxylic acids is 1. The van der Waals surface area contributed by atoms with Crippen LogP contribution in [0.3, 0.4) is 0 Å². The quantitative estimate of drug-likeness (QED) is 0.774. The van der Waals surface area contributed by atoms with Gasteiger partial charge in [-0.3, -0.25) is 4.79 Å². The van der Waals surface area contributed by atoms with E-state index in [4.69, 9.17) is 0 Å². The Kier molecular flexibility index (Phi) is 3.82. The minimum atomic E-state index is 0.323. The van der Waals surface area contributed by atoms with Gasteiger partial charge in [-0.2, -0.15) is 0 Å². The van der Waals surface area contributed by atoms with E-state index in [1.807, 2.05) is 0 Å². The van der Waals surface area contributed by atoms with Gasteiger partial charge < -0.3 is 4.90 Å². The van der Waals surface area contributed by atoms with Crippen LogP contribution >= 0.6 is 11.3 Å². The molecule has 1 aliphatic heterocycles. The predicted octanol–water partition coefficient (Wildman–Crippen LogP) is 3.32. The van der Waals surface area contributed by atoms with Crippen molar-refractivity contribution in [3.05, 3.63) is 10.6 Å². The number of piperidine rings is 1. The molecule has 17 heavy (non-hydrogen) atoms. The fourth-order valence-corrected chi connectivity index (χ4v) is 3.25. The monoisotopic (exact) mass is 252 g/mol. The zero-order chi connectivity index (χ0) is 12.4. The van der Waals surface area contributed by atoms with Crippen LogP contribution in [0.1, 0.15) is 54.9 Å². The molecule has 0 bridgehead atoms. The topological polar surface area (TPSA) is 33.2 Å². The minimum absolute atomic E-state index is 0.323. The molecule has 1 aromatic rings. The number of carbonyl (C=O) groups is 1. The maximum atomic E-state index is 11.0. The van der Waals surface area contributed by atoms with Crippen LogP contribution in [-0.2, 0) is 0 Å². The average Bonchev–Trinajstić information content (AvgIpc) is 2.74. The Morgan fingerprint density at radius 2 is 2.06 bits per heavy atom. The molecule has 0 saturated carbocycles. The number of rotatable bonds is 3. The van der Waals surface area contributed by atoms with E-state index in [1.165, 1.54) is 12.8 Å². The molecular formula is C13H20N2OS. The van der Waals surface area contributed by atoms with Gasteiger partial charge in [0.2, 0.25) is 0 Å². The van der Waals surface area contributed by atoms with Crippen molar-refractivity contribution in [3.63, 3.8) is 0 Å². The molecule has 3 nitrogen and oxygen atoms in total. The SMILES string of the molecule is CC1CCN(c2nc(C(C)C)c(C=O)s2)CC1. The second-order valence-corrected chi connectivity index (χ2v) is 6.20. The van der Waals surface area contributed by atoms with E-state index in [9.17, 15) is 4.79 Å². The highest BCUT2D eigenvalue weighted by atomic mass is 32.1. The number of aromatic nitrogens is 1. The van der Waals surface area contributed by atoms with Crippen LogP contribution < -0.4 is 4.90 Å². The summed E-state index contributed by atoms with van der Waals surface area (Å²) in [5, 5.41) is 1.03. The van der Waals surface area contributed by atoms with E-state index in [1.54, 1.807) is 11.3 Å². The predicted molar refractivity (Wildman–Crippen MR) is 72.2 cm³/mol. The molecule has 4 heteroatoms. The lowest BCUT2D eigenvalue weighted by molar-refractivity contribution is 0.112. The standard InChI is InChI=1S/C13H20N2OS/c1-9(2)12-11(8-16)17-13(14-12)15-6-4-10(3)5-7-15/h8-10H,4-7H2,1-3H3. The average molecular weight is 252 g/mol. The van der Waals surface area contributed by atoms with Gasteiger partial charge >= 0.3 is 0 Å². The first-order chi connectivity index (χ1) is 8.11. The lowest BCUT2D eigenvalue weighted by Crippen LogP contribution is -2.32. The van der Waals surface area contributed by atoms with Crippen molar-refractivity contribution >= 4 is 22.8 Å². The van der Waals surface area contributed by atoms with Gasteiger partial charge in [0.25, 0.3) is 0 Å². The van der Waals surface area contributed by atoms with Crippen molar-refractivity contribution in [2.45, 2.75) is 39.5 Å². The van der Waals surface area contributed by atoms with E-state index in [0.29, 0.717) is 5.92 Å². The van der Waals surface area contributed by atoms with E-state index in [-0.39, 0.29) is 0 Å². The molecule has 0 radical (unpaired) electrons. The van der Waals surface area contributed by atoms with Gasteiger partial charge in [0.15, 0.2) is 11.4 Å². The van der Waals surface area contributed by atoms with Crippen LogP contribution in [0.25, 0.3) is 0 Å². The van der Waals surface area contributed by atoms with Gasteiger partial charge in [-0.25, -0.2) is 4.98 Å². The van der Waals surface area contributed by atoms with E-state index in [0.717, 1.165) is 41.0 Å². The zero-order valence-corrected chi connectivity index (χ0v) is 11.6. The summed E-state index contributed by atoms with van der Waals surface area (Å²) in [5.74, 6) is 1.14. The van der Waals surface area contributed by atoms with Crippen molar-refractivity contribution in [2.24, 2.45) is 5.92 Å². The Labute approximate surface area is 107 Å². The second kappa shape index (κ2) is 5.17. The Hall–Kier alpha value is -0.900. The van der Waals surface area contributed by atoms with Gasteiger partial charge in [-0.15, -0.1) is 0 Å². The Bertz CT molecular complexity index is 392. The maximum absolute atomic E-state index is 11.0. The summed E-state index contributed by atoms with van der Waals surface area (Å²) < 4.78 is 0. The highest BCUT2D eigenvalue weighted by molar-refractivity contribution is 7.17. The van der Waals surface area contributed by atoms with Crippen molar-refractivity contribution in [1.82, 2.24) is 4.98 Å². The molecule has 1 saturated heterocycles. The maximum Gasteiger partial charge on any atom is 0.186 e. The van der Waals surface area contributed by atoms with Crippen LogP contribution in [0, 0.1) is 5.92 Å². The number of hydrogen-bond acceptors (Lipinski definition) is 4. The molecule has 2 rings (SSSR count). The zero-order valence-electron chi connectivity index (χ0n) is 10.8.